The van der Waals surface area contributed by atoms with Crippen molar-refractivity contribution >= 4 is 21.6 Å². The minimum Gasteiger partial charge on any atom is -0.348 e. The first-order valence-electron chi connectivity index (χ1n) is 9.05. The molecule has 2 aromatic rings. The summed E-state index contributed by atoms with van der Waals surface area (Å²) in [6.07, 6.45) is 0.958. The number of sulfonamides is 1. The SMILES string of the molecule is Cc1cc(C)c([C@@H](C)NC(=O)[C@@H](C)N(c2ccccc2F)S(C)(=O)=O)cc1C. The molecule has 2 atom stereocenters. The summed E-state index contributed by atoms with van der Waals surface area (Å²) in [5.41, 5.74) is 4.12. The van der Waals surface area contributed by atoms with Crippen LogP contribution < -0.4 is 9.62 Å². The second-order valence-corrected chi connectivity index (χ2v) is 9.07. The van der Waals surface area contributed by atoms with Crippen LogP contribution in [0, 0.1) is 26.6 Å². The van der Waals surface area contributed by atoms with E-state index in [0.717, 1.165) is 32.8 Å². The van der Waals surface area contributed by atoms with Crippen molar-refractivity contribution < 1.29 is 17.6 Å². The Morgan fingerprint density at radius 3 is 2.18 bits per heavy atom. The summed E-state index contributed by atoms with van der Waals surface area (Å²) in [5.74, 6) is -1.20. The fourth-order valence-corrected chi connectivity index (χ4v) is 4.45. The number of aryl methyl sites for hydroxylation is 3. The first-order chi connectivity index (χ1) is 12.9. The summed E-state index contributed by atoms with van der Waals surface area (Å²) in [6, 6.07) is 8.15. The van der Waals surface area contributed by atoms with E-state index in [1.54, 1.807) is 0 Å². The molecule has 0 aliphatic heterocycles. The molecule has 1 N–H and O–H groups in total. The quantitative estimate of drug-likeness (QED) is 0.794. The van der Waals surface area contributed by atoms with Crippen molar-refractivity contribution in [2.45, 2.75) is 46.7 Å². The van der Waals surface area contributed by atoms with Gasteiger partial charge >= 0.3 is 0 Å². The lowest BCUT2D eigenvalue weighted by Gasteiger charge is -2.29. The molecule has 0 aliphatic carbocycles. The number of rotatable bonds is 6. The van der Waals surface area contributed by atoms with Gasteiger partial charge in [-0.3, -0.25) is 9.10 Å². The highest BCUT2D eigenvalue weighted by molar-refractivity contribution is 7.92. The van der Waals surface area contributed by atoms with Gasteiger partial charge in [0.2, 0.25) is 15.9 Å². The molecule has 7 heteroatoms. The van der Waals surface area contributed by atoms with Crippen molar-refractivity contribution in [3.8, 4) is 0 Å². The highest BCUT2D eigenvalue weighted by Gasteiger charge is 2.31. The van der Waals surface area contributed by atoms with Gasteiger partial charge in [-0.15, -0.1) is 0 Å². The number of hydrogen-bond acceptors (Lipinski definition) is 3. The Balaban J connectivity index is 2.31. The number of amides is 1. The molecule has 1 amide bonds. The Bertz CT molecular complexity index is 989. The molecule has 2 rings (SSSR count). The van der Waals surface area contributed by atoms with E-state index in [-0.39, 0.29) is 11.7 Å². The third-order valence-corrected chi connectivity index (χ3v) is 6.11. The van der Waals surface area contributed by atoms with Crippen LogP contribution in [0.15, 0.2) is 36.4 Å². The molecule has 0 fully saturated rings. The maximum Gasteiger partial charge on any atom is 0.244 e. The van der Waals surface area contributed by atoms with E-state index < -0.39 is 27.8 Å². The first kappa shape index (κ1) is 21.9. The number of nitrogens with zero attached hydrogens (tertiary/aromatic N) is 1. The van der Waals surface area contributed by atoms with E-state index in [9.17, 15) is 17.6 Å². The summed E-state index contributed by atoms with van der Waals surface area (Å²) in [5, 5.41) is 2.86. The van der Waals surface area contributed by atoms with Crippen LogP contribution in [0.4, 0.5) is 10.1 Å². The lowest BCUT2D eigenvalue weighted by molar-refractivity contribution is -0.122. The number of carbonyl (C=O) groups is 1. The topological polar surface area (TPSA) is 66.5 Å². The van der Waals surface area contributed by atoms with Crippen molar-refractivity contribution in [1.82, 2.24) is 5.32 Å². The zero-order chi connectivity index (χ0) is 21.2. The molecule has 0 saturated heterocycles. The van der Waals surface area contributed by atoms with E-state index in [0.29, 0.717) is 0 Å². The second-order valence-electron chi connectivity index (χ2n) is 7.21. The van der Waals surface area contributed by atoms with Crippen molar-refractivity contribution in [1.29, 1.82) is 0 Å². The van der Waals surface area contributed by atoms with Gasteiger partial charge in [0.1, 0.15) is 11.9 Å². The molecule has 0 unspecified atom stereocenters. The summed E-state index contributed by atoms with van der Waals surface area (Å²) in [6.45, 7) is 9.28. The molecular formula is C21H27FN2O3S. The minimum atomic E-state index is -3.87. The van der Waals surface area contributed by atoms with Crippen molar-refractivity contribution in [3.63, 3.8) is 0 Å². The van der Waals surface area contributed by atoms with Gasteiger partial charge in [0.15, 0.2) is 0 Å². The fraction of sp³-hybridized carbons (Fsp3) is 0.381. The smallest absolute Gasteiger partial charge is 0.244 e. The Morgan fingerprint density at radius 1 is 1.04 bits per heavy atom. The van der Waals surface area contributed by atoms with Crippen LogP contribution in [0.25, 0.3) is 0 Å². The zero-order valence-corrected chi connectivity index (χ0v) is 17.9. The standard InChI is InChI=1S/C21H27FN2O3S/c1-13-11-15(3)18(12-14(13)2)16(4)23-21(25)17(5)24(28(6,26)27)20-10-8-7-9-19(20)22/h7-12,16-17H,1-6H3,(H,23,25)/t16-,17-/m1/s1. The number of carbonyl (C=O) groups excluding carboxylic acids is 1. The van der Waals surface area contributed by atoms with Crippen LogP contribution in [-0.4, -0.2) is 26.6 Å². The number of para-hydroxylation sites is 1. The highest BCUT2D eigenvalue weighted by Crippen LogP contribution is 2.25. The van der Waals surface area contributed by atoms with E-state index >= 15 is 0 Å². The molecule has 152 valence electrons. The Morgan fingerprint density at radius 2 is 1.61 bits per heavy atom. The van der Waals surface area contributed by atoms with Gasteiger partial charge in [0.05, 0.1) is 18.0 Å². The highest BCUT2D eigenvalue weighted by atomic mass is 32.2. The third kappa shape index (κ3) is 4.70. The maximum absolute atomic E-state index is 14.2. The molecule has 0 bridgehead atoms. The third-order valence-electron chi connectivity index (χ3n) is 4.89. The van der Waals surface area contributed by atoms with Crippen LogP contribution >= 0.6 is 0 Å². The summed E-state index contributed by atoms with van der Waals surface area (Å²) in [4.78, 5) is 12.8. The molecule has 0 saturated carbocycles. The largest absolute Gasteiger partial charge is 0.348 e. The van der Waals surface area contributed by atoms with Gasteiger partial charge in [0, 0.05) is 0 Å². The lowest BCUT2D eigenvalue weighted by Crippen LogP contribution is -2.48. The normalized spacial score (nSPS) is 13.7. The fourth-order valence-electron chi connectivity index (χ4n) is 3.27. The van der Waals surface area contributed by atoms with E-state index in [1.807, 2.05) is 33.8 Å². The lowest BCUT2D eigenvalue weighted by atomic mass is 9.96. The molecule has 0 spiro atoms. The van der Waals surface area contributed by atoms with Crippen molar-refractivity contribution in [2.75, 3.05) is 10.6 Å². The van der Waals surface area contributed by atoms with Gasteiger partial charge < -0.3 is 5.32 Å². The van der Waals surface area contributed by atoms with E-state index in [4.69, 9.17) is 0 Å². The summed E-state index contributed by atoms with van der Waals surface area (Å²) in [7, 11) is -3.87. The maximum atomic E-state index is 14.2. The molecule has 2 aromatic carbocycles. The Hall–Kier alpha value is -2.41. The van der Waals surface area contributed by atoms with Crippen LogP contribution in [-0.2, 0) is 14.8 Å². The number of halogens is 1. The number of benzene rings is 2. The van der Waals surface area contributed by atoms with Crippen LogP contribution in [0.3, 0.4) is 0 Å². The Kier molecular flexibility index (Phi) is 6.49. The first-order valence-corrected chi connectivity index (χ1v) is 10.9. The molecule has 0 aromatic heterocycles. The average molecular weight is 407 g/mol. The van der Waals surface area contributed by atoms with E-state index in [1.165, 1.54) is 31.2 Å². The Labute approximate surface area is 166 Å². The zero-order valence-electron chi connectivity index (χ0n) is 17.1. The van der Waals surface area contributed by atoms with Gasteiger partial charge in [0.25, 0.3) is 0 Å². The minimum absolute atomic E-state index is 0.150. The van der Waals surface area contributed by atoms with E-state index in [2.05, 4.69) is 11.4 Å². The van der Waals surface area contributed by atoms with Crippen LogP contribution in [0.5, 0.6) is 0 Å². The molecule has 0 radical (unpaired) electrons. The van der Waals surface area contributed by atoms with Crippen LogP contribution in [0.1, 0.15) is 42.1 Å². The van der Waals surface area contributed by atoms with Crippen molar-refractivity contribution in [2.24, 2.45) is 0 Å². The molecular weight excluding hydrogens is 379 g/mol. The van der Waals surface area contributed by atoms with Crippen molar-refractivity contribution in [3.05, 3.63) is 64.5 Å². The predicted molar refractivity (Wildman–Crippen MR) is 110 cm³/mol. The van der Waals surface area contributed by atoms with Crippen LogP contribution in [0.2, 0.25) is 0 Å². The van der Waals surface area contributed by atoms with Gasteiger partial charge in [-0.2, -0.15) is 0 Å². The molecule has 5 nitrogen and oxygen atoms in total. The molecule has 28 heavy (non-hydrogen) atoms. The summed E-state index contributed by atoms with van der Waals surface area (Å²) >= 11 is 0. The molecule has 0 heterocycles. The summed E-state index contributed by atoms with van der Waals surface area (Å²) < 4.78 is 39.6. The van der Waals surface area contributed by atoms with Gasteiger partial charge in [-0.1, -0.05) is 24.3 Å². The van der Waals surface area contributed by atoms with Gasteiger partial charge in [-0.05, 0) is 69.0 Å². The predicted octanol–water partition coefficient (Wildman–Crippen LogP) is 3.78. The van der Waals surface area contributed by atoms with Gasteiger partial charge in [-0.25, -0.2) is 12.8 Å². The number of anilines is 1. The number of hydrogen-bond donors (Lipinski definition) is 1. The number of nitrogens with one attached hydrogen (secondary N) is 1. The molecule has 0 aliphatic rings. The average Bonchev–Trinajstić information content (AvgIpc) is 2.58. The second kappa shape index (κ2) is 8.31. The monoisotopic (exact) mass is 406 g/mol.